The quantitative estimate of drug-likeness (QED) is 0.741. The van der Waals surface area contributed by atoms with Gasteiger partial charge in [-0.05, 0) is 38.3 Å². The molecule has 0 saturated carbocycles. The number of likely N-dealkylation sites (tertiary alicyclic amines) is 1. The van der Waals surface area contributed by atoms with Crippen molar-refractivity contribution in [2.45, 2.75) is 51.6 Å². The summed E-state index contributed by atoms with van der Waals surface area (Å²) in [7, 11) is 0. The third kappa shape index (κ3) is 1.82. The molecule has 2 rings (SSSR count). The fourth-order valence-electron chi connectivity index (χ4n) is 3.26. The Morgan fingerprint density at radius 2 is 2.07 bits per heavy atom. The van der Waals surface area contributed by atoms with E-state index in [1.807, 2.05) is 0 Å². The first-order valence-corrected chi connectivity index (χ1v) is 6.33. The second-order valence-corrected chi connectivity index (χ2v) is 4.84. The minimum Gasteiger partial charge on any atom is -0.315 e. The highest BCUT2D eigenvalue weighted by molar-refractivity contribution is 4.93. The predicted molar refractivity (Wildman–Crippen MR) is 60.5 cm³/mol. The van der Waals surface area contributed by atoms with Gasteiger partial charge in [-0.1, -0.05) is 20.3 Å². The number of nitrogens with one attached hydrogen (secondary N) is 1. The van der Waals surface area contributed by atoms with E-state index in [-0.39, 0.29) is 0 Å². The highest BCUT2D eigenvalue weighted by Gasteiger charge is 2.36. The van der Waals surface area contributed by atoms with Crippen LogP contribution in [0.15, 0.2) is 0 Å². The summed E-state index contributed by atoms with van der Waals surface area (Å²) in [6.45, 7) is 8.50. The lowest BCUT2D eigenvalue weighted by atomic mass is 9.98. The summed E-state index contributed by atoms with van der Waals surface area (Å²) < 4.78 is 0. The van der Waals surface area contributed by atoms with Crippen molar-refractivity contribution in [2.24, 2.45) is 5.92 Å². The topological polar surface area (TPSA) is 15.3 Å². The Kier molecular flexibility index (Phi) is 3.45. The average molecular weight is 196 g/mol. The van der Waals surface area contributed by atoms with Crippen molar-refractivity contribution in [3.63, 3.8) is 0 Å². The number of hydrogen-bond acceptors (Lipinski definition) is 2. The smallest absolute Gasteiger partial charge is 0.0263 e. The van der Waals surface area contributed by atoms with E-state index < -0.39 is 0 Å². The molecule has 0 radical (unpaired) electrons. The Morgan fingerprint density at radius 3 is 2.79 bits per heavy atom. The first kappa shape index (κ1) is 10.4. The first-order chi connectivity index (χ1) is 6.86. The van der Waals surface area contributed by atoms with Crippen molar-refractivity contribution in [3.05, 3.63) is 0 Å². The van der Waals surface area contributed by atoms with E-state index in [1.165, 1.54) is 45.3 Å². The molecular formula is C12H24N2. The largest absolute Gasteiger partial charge is 0.315 e. The van der Waals surface area contributed by atoms with Crippen LogP contribution in [0.3, 0.4) is 0 Å². The Hall–Kier alpha value is -0.0800. The van der Waals surface area contributed by atoms with Crippen LogP contribution in [0.2, 0.25) is 0 Å². The van der Waals surface area contributed by atoms with Gasteiger partial charge in [0.25, 0.3) is 0 Å². The van der Waals surface area contributed by atoms with Crippen LogP contribution in [0.4, 0.5) is 0 Å². The first-order valence-electron chi connectivity index (χ1n) is 6.33. The predicted octanol–water partition coefficient (Wildman–Crippen LogP) is 1.86. The zero-order valence-electron chi connectivity index (χ0n) is 9.63. The van der Waals surface area contributed by atoms with E-state index in [9.17, 15) is 0 Å². The molecule has 2 nitrogen and oxygen atoms in total. The highest BCUT2D eigenvalue weighted by atomic mass is 15.2. The summed E-state index contributed by atoms with van der Waals surface area (Å²) in [6, 6.07) is 1.72. The van der Waals surface area contributed by atoms with Crippen LogP contribution in [-0.2, 0) is 0 Å². The maximum atomic E-state index is 3.55. The van der Waals surface area contributed by atoms with E-state index >= 15 is 0 Å². The van der Waals surface area contributed by atoms with Gasteiger partial charge < -0.3 is 5.32 Å². The lowest BCUT2D eigenvalue weighted by molar-refractivity contribution is 0.151. The molecular weight excluding hydrogens is 172 g/mol. The maximum absolute atomic E-state index is 3.55. The lowest BCUT2D eigenvalue weighted by Gasteiger charge is -2.33. The minimum absolute atomic E-state index is 0.840. The van der Waals surface area contributed by atoms with E-state index in [1.54, 1.807) is 0 Å². The van der Waals surface area contributed by atoms with Crippen LogP contribution in [0.5, 0.6) is 0 Å². The standard InChI is InChI=1S/C12H24N2/c1-3-10-8-13-9-12(10)14-7-5-6-11(14)4-2/h10-13H,3-9H2,1-2H3. The number of hydrogen-bond donors (Lipinski definition) is 1. The average Bonchev–Trinajstić information content (AvgIpc) is 2.85. The molecule has 1 N–H and O–H groups in total. The van der Waals surface area contributed by atoms with Gasteiger partial charge in [-0.25, -0.2) is 0 Å². The van der Waals surface area contributed by atoms with E-state index in [4.69, 9.17) is 0 Å². The number of nitrogens with zero attached hydrogens (tertiary/aromatic N) is 1. The third-order valence-corrected chi connectivity index (χ3v) is 4.15. The summed E-state index contributed by atoms with van der Waals surface area (Å²) in [5.41, 5.74) is 0. The molecule has 0 aromatic heterocycles. The molecule has 2 fully saturated rings. The van der Waals surface area contributed by atoms with Gasteiger partial charge >= 0.3 is 0 Å². The molecule has 0 amide bonds. The van der Waals surface area contributed by atoms with Crippen LogP contribution in [0.1, 0.15) is 39.5 Å². The molecule has 0 bridgehead atoms. The van der Waals surface area contributed by atoms with Crippen LogP contribution in [-0.4, -0.2) is 36.6 Å². The summed E-state index contributed by atoms with van der Waals surface area (Å²) in [5, 5.41) is 3.55. The zero-order chi connectivity index (χ0) is 9.97. The molecule has 2 saturated heterocycles. The second-order valence-electron chi connectivity index (χ2n) is 4.84. The van der Waals surface area contributed by atoms with Gasteiger partial charge in [-0.2, -0.15) is 0 Å². The maximum Gasteiger partial charge on any atom is 0.0263 e. The van der Waals surface area contributed by atoms with Gasteiger partial charge in [0.2, 0.25) is 0 Å². The van der Waals surface area contributed by atoms with Gasteiger partial charge in [0.15, 0.2) is 0 Å². The fraction of sp³-hybridized carbons (Fsp3) is 1.00. The van der Waals surface area contributed by atoms with Crippen LogP contribution >= 0.6 is 0 Å². The van der Waals surface area contributed by atoms with E-state index in [2.05, 4.69) is 24.1 Å². The van der Waals surface area contributed by atoms with Gasteiger partial charge in [-0.15, -0.1) is 0 Å². The van der Waals surface area contributed by atoms with Gasteiger partial charge in [0.05, 0.1) is 0 Å². The van der Waals surface area contributed by atoms with Crippen molar-refractivity contribution in [1.29, 1.82) is 0 Å². The normalized spacial score (nSPS) is 39.4. The van der Waals surface area contributed by atoms with Crippen LogP contribution < -0.4 is 5.32 Å². The monoisotopic (exact) mass is 196 g/mol. The lowest BCUT2D eigenvalue weighted by Crippen LogP contribution is -2.43. The van der Waals surface area contributed by atoms with Crippen molar-refractivity contribution in [2.75, 3.05) is 19.6 Å². The molecule has 2 aliphatic rings. The molecule has 0 aromatic carbocycles. The van der Waals surface area contributed by atoms with Crippen LogP contribution in [0.25, 0.3) is 0 Å². The molecule has 0 aliphatic carbocycles. The highest BCUT2D eigenvalue weighted by Crippen LogP contribution is 2.28. The summed E-state index contributed by atoms with van der Waals surface area (Å²) >= 11 is 0. The van der Waals surface area contributed by atoms with Crippen molar-refractivity contribution < 1.29 is 0 Å². The summed E-state index contributed by atoms with van der Waals surface area (Å²) in [5.74, 6) is 0.905. The Labute approximate surface area is 88.1 Å². The van der Waals surface area contributed by atoms with Crippen molar-refractivity contribution >= 4 is 0 Å². The molecule has 3 unspecified atom stereocenters. The van der Waals surface area contributed by atoms with Crippen LogP contribution in [0, 0.1) is 5.92 Å². The van der Waals surface area contributed by atoms with Gasteiger partial charge in [0, 0.05) is 18.6 Å². The summed E-state index contributed by atoms with van der Waals surface area (Å²) in [4.78, 5) is 2.79. The van der Waals surface area contributed by atoms with Gasteiger partial charge in [-0.3, -0.25) is 4.90 Å². The third-order valence-electron chi connectivity index (χ3n) is 4.15. The molecule has 2 heterocycles. The Balaban J connectivity index is 1.98. The fourth-order valence-corrected chi connectivity index (χ4v) is 3.26. The van der Waals surface area contributed by atoms with Crippen molar-refractivity contribution in [3.8, 4) is 0 Å². The zero-order valence-corrected chi connectivity index (χ0v) is 9.63. The second kappa shape index (κ2) is 4.63. The molecule has 3 atom stereocenters. The van der Waals surface area contributed by atoms with E-state index in [0.717, 1.165) is 18.0 Å². The van der Waals surface area contributed by atoms with E-state index in [0.29, 0.717) is 0 Å². The molecule has 0 aromatic rings. The molecule has 2 heteroatoms. The molecule has 82 valence electrons. The van der Waals surface area contributed by atoms with Crippen molar-refractivity contribution in [1.82, 2.24) is 10.2 Å². The SMILES string of the molecule is CCC1CNCC1N1CCCC1CC. The minimum atomic E-state index is 0.840. The molecule has 14 heavy (non-hydrogen) atoms. The number of rotatable bonds is 3. The molecule has 0 spiro atoms. The Morgan fingerprint density at radius 1 is 1.21 bits per heavy atom. The summed E-state index contributed by atoms with van der Waals surface area (Å²) in [6.07, 6.45) is 5.53. The molecule has 2 aliphatic heterocycles. The van der Waals surface area contributed by atoms with Gasteiger partial charge in [0.1, 0.15) is 0 Å². The Bertz CT molecular complexity index is 161.